The van der Waals surface area contributed by atoms with Gasteiger partial charge < -0.3 is 25.2 Å². The number of hydrogen-bond donors (Lipinski definition) is 3. The fraction of sp³-hybridized carbons (Fsp3) is 0.333. The highest BCUT2D eigenvalue weighted by molar-refractivity contribution is 5.99. The van der Waals surface area contributed by atoms with Crippen molar-refractivity contribution in [3.8, 4) is 5.75 Å². The van der Waals surface area contributed by atoms with Gasteiger partial charge in [-0.05, 0) is 54.1 Å². The summed E-state index contributed by atoms with van der Waals surface area (Å²) in [5.41, 5.74) is 1.00. The van der Waals surface area contributed by atoms with Gasteiger partial charge in [0.25, 0.3) is 5.91 Å². The molecule has 4 rings (SSSR count). The van der Waals surface area contributed by atoms with Crippen LogP contribution in [0.2, 0.25) is 0 Å². The highest BCUT2D eigenvalue weighted by Gasteiger charge is 2.17. The van der Waals surface area contributed by atoms with Gasteiger partial charge in [-0.15, -0.1) is 0 Å². The number of aliphatic hydroxyl groups is 1. The second kappa shape index (κ2) is 10.5. The normalized spacial score (nSPS) is 15.4. The van der Waals surface area contributed by atoms with Gasteiger partial charge in [-0.1, -0.05) is 18.2 Å². The zero-order chi connectivity index (χ0) is 23.2. The van der Waals surface area contributed by atoms with Crippen LogP contribution in [0.3, 0.4) is 0 Å². The molecule has 2 heterocycles. The van der Waals surface area contributed by atoms with Crippen LogP contribution in [0.25, 0.3) is 10.8 Å². The predicted molar refractivity (Wildman–Crippen MR) is 120 cm³/mol. The van der Waals surface area contributed by atoms with E-state index in [0.29, 0.717) is 17.2 Å². The van der Waals surface area contributed by atoms with Crippen LogP contribution < -0.4 is 15.4 Å². The lowest BCUT2D eigenvalue weighted by Gasteiger charge is -2.23. The van der Waals surface area contributed by atoms with E-state index < -0.39 is 12.7 Å². The molecule has 3 N–H and O–H groups in total. The third-order valence-electron chi connectivity index (χ3n) is 5.55. The van der Waals surface area contributed by atoms with E-state index in [9.17, 15) is 18.7 Å². The van der Waals surface area contributed by atoms with Gasteiger partial charge in [0.15, 0.2) is 0 Å². The van der Waals surface area contributed by atoms with Gasteiger partial charge >= 0.3 is 6.61 Å². The lowest BCUT2D eigenvalue weighted by molar-refractivity contribution is -0.0498. The number of anilines is 1. The van der Waals surface area contributed by atoms with Crippen LogP contribution in [-0.2, 0) is 4.74 Å². The van der Waals surface area contributed by atoms with E-state index in [1.807, 2.05) is 12.1 Å². The Bertz CT molecular complexity index is 1090. The van der Waals surface area contributed by atoms with E-state index in [4.69, 9.17) is 4.74 Å². The Hall–Kier alpha value is -3.30. The van der Waals surface area contributed by atoms with Crippen LogP contribution >= 0.6 is 0 Å². The molecule has 1 atom stereocenters. The second-order valence-electron chi connectivity index (χ2n) is 7.82. The second-order valence-corrected chi connectivity index (χ2v) is 7.82. The van der Waals surface area contributed by atoms with Crippen molar-refractivity contribution in [2.75, 3.05) is 25.1 Å². The van der Waals surface area contributed by atoms with Crippen molar-refractivity contribution in [3.63, 3.8) is 0 Å². The van der Waals surface area contributed by atoms with Crippen LogP contribution in [0.1, 0.15) is 34.8 Å². The standard InChI is InChI=1S/C24H25F2N3O4/c25-24(26)33-20-5-3-15(4-6-20)21(14-30)29-23(31)16-1-2-17-13-27-22(12-18(17)11-16)28-19-7-9-32-10-8-19/h1-6,11-13,19,21,24,30H,7-10,14H2,(H,27,28)(H,29,31). The number of nitrogens with one attached hydrogen (secondary N) is 2. The lowest BCUT2D eigenvalue weighted by Crippen LogP contribution is -2.30. The minimum atomic E-state index is -2.92. The van der Waals surface area contributed by atoms with Gasteiger partial charge in [-0.3, -0.25) is 4.79 Å². The Morgan fingerprint density at radius 2 is 1.88 bits per heavy atom. The average molecular weight is 457 g/mol. The number of rotatable bonds is 8. The number of carbonyl (C=O) groups is 1. The van der Waals surface area contributed by atoms with E-state index in [1.54, 1.807) is 18.3 Å². The molecule has 1 aromatic heterocycles. The summed E-state index contributed by atoms with van der Waals surface area (Å²) in [6.45, 7) is -1.82. The van der Waals surface area contributed by atoms with E-state index in [-0.39, 0.29) is 18.3 Å². The molecule has 1 unspecified atom stereocenters. The molecule has 1 aliphatic heterocycles. The van der Waals surface area contributed by atoms with E-state index in [0.717, 1.165) is 42.6 Å². The summed E-state index contributed by atoms with van der Waals surface area (Å²) in [7, 11) is 0. The van der Waals surface area contributed by atoms with Crippen LogP contribution in [0, 0.1) is 0 Å². The Balaban J connectivity index is 1.46. The SMILES string of the molecule is O=C(NC(CO)c1ccc(OC(F)F)cc1)c1ccc2cnc(NC3CCOCC3)cc2c1. The fourth-order valence-corrected chi connectivity index (χ4v) is 3.77. The summed E-state index contributed by atoms with van der Waals surface area (Å²) in [6, 6.07) is 12.6. The molecule has 0 radical (unpaired) electrons. The number of aliphatic hydroxyl groups excluding tert-OH is 1. The topological polar surface area (TPSA) is 92.7 Å². The molecule has 0 saturated carbocycles. The molecule has 1 amide bonds. The van der Waals surface area contributed by atoms with Crippen molar-refractivity contribution in [1.29, 1.82) is 0 Å². The van der Waals surface area contributed by atoms with Gasteiger partial charge in [-0.25, -0.2) is 4.98 Å². The molecule has 1 aliphatic rings. The Labute approximate surface area is 189 Å². The molecule has 2 aromatic carbocycles. The number of halogens is 2. The van der Waals surface area contributed by atoms with Crippen LogP contribution in [-0.4, -0.2) is 48.5 Å². The third-order valence-corrected chi connectivity index (χ3v) is 5.55. The van der Waals surface area contributed by atoms with Gasteiger partial charge in [0.2, 0.25) is 0 Å². The average Bonchev–Trinajstić information content (AvgIpc) is 2.83. The van der Waals surface area contributed by atoms with Gasteiger partial charge in [0.1, 0.15) is 11.6 Å². The zero-order valence-corrected chi connectivity index (χ0v) is 17.8. The molecule has 1 fully saturated rings. The number of ether oxygens (including phenoxy) is 2. The summed E-state index contributed by atoms with van der Waals surface area (Å²) in [5.74, 6) is 0.385. The van der Waals surface area contributed by atoms with Crippen molar-refractivity contribution < 1.29 is 28.2 Å². The van der Waals surface area contributed by atoms with Crippen molar-refractivity contribution in [2.24, 2.45) is 0 Å². The number of amides is 1. The summed E-state index contributed by atoms with van der Waals surface area (Å²) in [5, 5.41) is 17.7. The summed E-state index contributed by atoms with van der Waals surface area (Å²) >= 11 is 0. The smallest absolute Gasteiger partial charge is 0.387 e. The number of benzene rings is 2. The molecule has 7 nitrogen and oxygen atoms in total. The van der Waals surface area contributed by atoms with Gasteiger partial charge in [-0.2, -0.15) is 8.78 Å². The summed E-state index contributed by atoms with van der Waals surface area (Å²) < 4.78 is 34.4. The molecular weight excluding hydrogens is 432 g/mol. The fourth-order valence-electron chi connectivity index (χ4n) is 3.77. The molecule has 1 saturated heterocycles. The third kappa shape index (κ3) is 5.94. The van der Waals surface area contributed by atoms with Crippen molar-refractivity contribution in [2.45, 2.75) is 31.5 Å². The maximum absolute atomic E-state index is 12.9. The number of pyridine rings is 1. The van der Waals surface area contributed by atoms with Crippen molar-refractivity contribution >= 4 is 22.5 Å². The van der Waals surface area contributed by atoms with E-state index in [1.165, 1.54) is 24.3 Å². The number of alkyl halides is 2. The highest BCUT2D eigenvalue weighted by atomic mass is 19.3. The first-order valence-electron chi connectivity index (χ1n) is 10.7. The Kier molecular flexibility index (Phi) is 7.31. The Morgan fingerprint density at radius 3 is 2.58 bits per heavy atom. The summed E-state index contributed by atoms with van der Waals surface area (Å²) in [4.78, 5) is 17.3. The molecular formula is C24H25F2N3O4. The number of fused-ring (bicyclic) bond motifs is 1. The largest absolute Gasteiger partial charge is 0.435 e. The first kappa shape index (κ1) is 22.9. The lowest BCUT2D eigenvalue weighted by atomic mass is 10.0. The molecule has 174 valence electrons. The van der Waals surface area contributed by atoms with Crippen LogP contribution in [0.5, 0.6) is 5.75 Å². The maximum atomic E-state index is 12.9. The summed E-state index contributed by atoms with van der Waals surface area (Å²) in [6.07, 6.45) is 3.60. The number of aromatic nitrogens is 1. The first-order chi connectivity index (χ1) is 16.0. The van der Waals surface area contributed by atoms with Gasteiger partial charge in [0.05, 0.1) is 12.6 Å². The zero-order valence-electron chi connectivity index (χ0n) is 17.8. The first-order valence-corrected chi connectivity index (χ1v) is 10.7. The maximum Gasteiger partial charge on any atom is 0.387 e. The number of hydrogen-bond acceptors (Lipinski definition) is 6. The van der Waals surface area contributed by atoms with Crippen LogP contribution in [0.15, 0.2) is 54.7 Å². The van der Waals surface area contributed by atoms with Crippen molar-refractivity contribution in [3.05, 3.63) is 65.9 Å². The molecule has 0 bridgehead atoms. The molecule has 0 spiro atoms. The monoisotopic (exact) mass is 457 g/mol. The molecule has 33 heavy (non-hydrogen) atoms. The predicted octanol–water partition coefficient (Wildman–Crippen LogP) is 3.89. The van der Waals surface area contributed by atoms with E-state index >= 15 is 0 Å². The highest BCUT2D eigenvalue weighted by Crippen LogP contribution is 2.22. The van der Waals surface area contributed by atoms with Gasteiger partial charge in [0, 0.05) is 36.4 Å². The van der Waals surface area contributed by atoms with Crippen molar-refractivity contribution in [1.82, 2.24) is 10.3 Å². The minimum absolute atomic E-state index is 0.00470. The number of carbonyl (C=O) groups excluding carboxylic acids is 1. The molecule has 9 heteroatoms. The Morgan fingerprint density at radius 1 is 1.12 bits per heavy atom. The van der Waals surface area contributed by atoms with E-state index in [2.05, 4.69) is 20.4 Å². The van der Waals surface area contributed by atoms with Crippen LogP contribution in [0.4, 0.5) is 14.6 Å². The quantitative estimate of drug-likeness (QED) is 0.475. The molecule has 0 aliphatic carbocycles. The molecule has 3 aromatic rings. The number of nitrogens with zero attached hydrogens (tertiary/aromatic N) is 1. The minimum Gasteiger partial charge on any atom is -0.435 e.